The van der Waals surface area contributed by atoms with Gasteiger partial charge in [0.15, 0.2) is 0 Å². The summed E-state index contributed by atoms with van der Waals surface area (Å²) in [5, 5.41) is 5.94. The van der Waals surface area contributed by atoms with Crippen LogP contribution in [-0.2, 0) is 4.74 Å². The van der Waals surface area contributed by atoms with E-state index in [1.165, 1.54) is 13.3 Å². The molecular formula is C18H21N3O3. The molecule has 0 bridgehead atoms. The monoisotopic (exact) mass is 327 g/mol. The Morgan fingerprint density at radius 1 is 1.17 bits per heavy atom. The lowest BCUT2D eigenvalue weighted by molar-refractivity contribution is 0.0600. The Kier molecular flexibility index (Phi) is 6.31. The second-order valence-corrected chi connectivity index (χ2v) is 5.24. The van der Waals surface area contributed by atoms with Gasteiger partial charge in [-0.15, -0.1) is 0 Å². The summed E-state index contributed by atoms with van der Waals surface area (Å²) in [6.07, 6.45) is 3.51. The van der Waals surface area contributed by atoms with Crippen molar-refractivity contribution in [2.75, 3.05) is 19.0 Å². The van der Waals surface area contributed by atoms with Crippen molar-refractivity contribution in [3.63, 3.8) is 0 Å². The van der Waals surface area contributed by atoms with Gasteiger partial charge in [-0.3, -0.25) is 4.79 Å². The maximum absolute atomic E-state index is 11.9. The molecule has 1 amide bonds. The third-order valence-corrected chi connectivity index (χ3v) is 3.40. The minimum absolute atomic E-state index is 0.129. The van der Waals surface area contributed by atoms with Crippen LogP contribution >= 0.6 is 0 Å². The first kappa shape index (κ1) is 17.5. The largest absolute Gasteiger partial charge is 0.465 e. The molecule has 6 nitrogen and oxygen atoms in total. The summed E-state index contributed by atoms with van der Waals surface area (Å²) in [6, 6.07) is 10.4. The van der Waals surface area contributed by atoms with Crippen LogP contribution in [0.2, 0.25) is 0 Å². The highest BCUT2D eigenvalue weighted by atomic mass is 16.5. The predicted molar refractivity (Wildman–Crippen MR) is 92.5 cm³/mol. The summed E-state index contributed by atoms with van der Waals surface area (Å²) in [6.45, 7) is 2.74. The third-order valence-electron chi connectivity index (χ3n) is 3.40. The van der Waals surface area contributed by atoms with Gasteiger partial charge in [-0.05, 0) is 36.8 Å². The number of hydrogen-bond donors (Lipinski definition) is 2. The number of ether oxygens (including phenoxy) is 1. The van der Waals surface area contributed by atoms with Crippen molar-refractivity contribution >= 4 is 23.4 Å². The van der Waals surface area contributed by atoms with E-state index in [0.717, 1.165) is 12.8 Å². The summed E-state index contributed by atoms with van der Waals surface area (Å²) < 4.78 is 4.70. The number of methoxy groups -OCH3 is 1. The average molecular weight is 327 g/mol. The molecule has 0 unspecified atom stereocenters. The molecule has 0 fully saturated rings. The maximum Gasteiger partial charge on any atom is 0.337 e. The number of esters is 1. The van der Waals surface area contributed by atoms with E-state index < -0.39 is 5.97 Å². The van der Waals surface area contributed by atoms with Crippen LogP contribution in [0.3, 0.4) is 0 Å². The Morgan fingerprint density at radius 2 is 2.00 bits per heavy atom. The molecular weight excluding hydrogens is 306 g/mol. The molecule has 6 heteroatoms. The van der Waals surface area contributed by atoms with E-state index in [9.17, 15) is 9.59 Å². The molecule has 1 heterocycles. The number of carbonyl (C=O) groups excluding carboxylic acids is 2. The van der Waals surface area contributed by atoms with Crippen molar-refractivity contribution in [1.82, 2.24) is 10.3 Å². The second-order valence-electron chi connectivity index (χ2n) is 5.24. The van der Waals surface area contributed by atoms with E-state index in [2.05, 4.69) is 22.5 Å². The first-order valence-electron chi connectivity index (χ1n) is 7.83. The maximum atomic E-state index is 11.9. The fourth-order valence-corrected chi connectivity index (χ4v) is 2.07. The molecule has 1 aromatic heterocycles. The lowest BCUT2D eigenvalue weighted by atomic mass is 10.2. The molecule has 24 heavy (non-hydrogen) atoms. The molecule has 0 atom stereocenters. The summed E-state index contributed by atoms with van der Waals surface area (Å²) in [7, 11) is 1.34. The number of unbranched alkanes of at least 4 members (excludes halogenated alkanes) is 1. The van der Waals surface area contributed by atoms with Gasteiger partial charge in [-0.1, -0.05) is 19.4 Å². The van der Waals surface area contributed by atoms with Gasteiger partial charge in [0.1, 0.15) is 5.82 Å². The Balaban J connectivity index is 2.01. The average Bonchev–Trinajstić information content (AvgIpc) is 2.62. The van der Waals surface area contributed by atoms with Crippen LogP contribution in [0.5, 0.6) is 0 Å². The van der Waals surface area contributed by atoms with Crippen molar-refractivity contribution < 1.29 is 14.3 Å². The highest BCUT2D eigenvalue weighted by Crippen LogP contribution is 2.17. The number of nitrogens with one attached hydrogen (secondary N) is 2. The van der Waals surface area contributed by atoms with Crippen molar-refractivity contribution in [3.05, 3.63) is 53.7 Å². The van der Waals surface area contributed by atoms with Crippen molar-refractivity contribution in [2.45, 2.75) is 19.8 Å². The minimum atomic E-state index is -0.397. The first-order chi connectivity index (χ1) is 11.6. The Labute approximate surface area is 141 Å². The van der Waals surface area contributed by atoms with Gasteiger partial charge < -0.3 is 15.4 Å². The van der Waals surface area contributed by atoms with Crippen LogP contribution in [-0.4, -0.2) is 30.5 Å². The van der Waals surface area contributed by atoms with Crippen LogP contribution in [0.4, 0.5) is 11.5 Å². The molecule has 126 valence electrons. The molecule has 0 spiro atoms. The quantitative estimate of drug-likeness (QED) is 0.603. The number of pyridine rings is 1. The number of hydrogen-bond acceptors (Lipinski definition) is 5. The van der Waals surface area contributed by atoms with Gasteiger partial charge >= 0.3 is 5.97 Å². The predicted octanol–water partition coefficient (Wildman–Crippen LogP) is 3.14. The summed E-state index contributed by atoms with van der Waals surface area (Å²) >= 11 is 0. The zero-order chi connectivity index (χ0) is 17.4. The number of amides is 1. The summed E-state index contributed by atoms with van der Waals surface area (Å²) in [5.41, 5.74) is 1.68. The molecule has 1 aromatic carbocycles. The lowest BCUT2D eigenvalue weighted by Crippen LogP contribution is -2.24. The van der Waals surface area contributed by atoms with Gasteiger partial charge in [-0.25, -0.2) is 9.78 Å². The SMILES string of the molecule is CCCCNC(=O)c1ccc(Nc2cccc(C(=O)OC)c2)nc1. The van der Waals surface area contributed by atoms with E-state index in [1.807, 2.05) is 6.07 Å². The van der Waals surface area contributed by atoms with E-state index in [0.29, 0.717) is 29.2 Å². The molecule has 2 rings (SSSR count). The Morgan fingerprint density at radius 3 is 2.67 bits per heavy atom. The van der Waals surface area contributed by atoms with E-state index in [-0.39, 0.29) is 5.91 Å². The van der Waals surface area contributed by atoms with Gasteiger partial charge in [0.05, 0.1) is 18.2 Å². The minimum Gasteiger partial charge on any atom is -0.465 e. The number of carbonyl (C=O) groups is 2. The highest BCUT2D eigenvalue weighted by Gasteiger charge is 2.07. The highest BCUT2D eigenvalue weighted by molar-refractivity contribution is 5.94. The fraction of sp³-hybridized carbons (Fsp3) is 0.278. The third kappa shape index (κ3) is 4.81. The van der Waals surface area contributed by atoms with E-state index >= 15 is 0 Å². The molecule has 0 aliphatic rings. The molecule has 2 aromatic rings. The normalized spacial score (nSPS) is 10.1. The molecule has 0 saturated heterocycles. The van der Waals surface area contributed by atoms with Gasteiger partial charge in [0.2, 0.25) is 0 Å². The molecule has 0 aliphatic carbocycles. The Bertz CT molecular complexity index is 699. The number of anilines is 2. The van der Waals surface area contributed by atoms with Gasteiger partial charge in [0, 0.05) is 18.4 Å². The molecule has 0 aliphatic heterocycles. The first-order valence-corrected chi connectivity index (χ1v) is 7.83. The van der Waals surface area contributed by atoms with Crippen molar-refractivity contribution in [1.29, 1.82) is 0 Å². The zero-order valence-electron chi connectivity index (χ0n) is 13.8. The van der Waals surface area contributed by atoms with E-state index in [1.54, 1.807) is 30.3 Å². The zero-order valence-corrected chi connectivity index (χ0v) is 13.8. The molecule has 0 saturated carbocycles. The van der Waals surface area contributed by atoms with Crippen LogP contribution in [0.25, 0.3) is 0 Å². The number of aromatic nitrogens is 1. The molecule has 2 N–H and O–H groups in total. The standard InChI is InChI=1S/C18H21N3O3/c1-3-4-10-19-17(22)14-8-9-16(20-12-14)21-15-7-5-6-13(11-15)18(23)24-2/h5-9,11-12H,3-4,10H2,1-2H3,(H,19,22)(H,20,21). The summed E-state index contributed by atoms with van der Waals surface area (Å²) in [4.78, 5) is 27.7. The van der Waals surface area contributed by atoms with Crippen LogP contribution in [0.1, 0.15) is 40.5 Å². The van der Waals surface area contributed by atoms with Gasteiger partial charge in [-0.2, -0.15) is 0 Å². The van der Waals surface area contributed by atoms with Crippen LogP contribution in [0.15, 0.2) is 42.6 Å². The second kappa shape index (κ2) is 8.67. The van der Waals surface area contributed by atoms with Gasteiger partial charge in [0.25, 0.3) is 5.91 Å². The number of benzene rings is 1. The van der Waals surface area contributed by atoms with Crippen LogP contribution in [0, 0.1) is 0 Å². The topological polar surface area (TPSA) is 80.3 Å². The smallest absolute Gasteiger partial charge is 0.337 e. The molecule has 0 radical (unpaired) electrons. The number of nitrogens with zero attached hydrogens (tertiary/aromatic N) is 1. The fourth-order valence-electron chi connectivity index (χ4n) is 2.07. The van der Waals surface area contributed by atoms with Crippen molar-refractivity contribution in [2.24, 2.45) is 0 Å². The van der Waals surface area contributed by atoms with E-state index in [4.69, 9.17) is 4.74 Å². The number of rotatable bonds is 7. The van der Waals surface area contributed by atoms with Crippen molar-refractivity contribution in [3.8, 4) is 0 Å². The Hall–Kier alpha value is -2.89. The van der Waals surface area contributed by atoms with Crippen LogP contribution < -0.4 is 10.6 Å². The lowest BCUT2D eigenvalue weighted by Gasteiger charge is -2.08. The summed E-state index contributed by atoms with van der Waals surface area (Å²) in [5.74, 6) is 0.0584.